The van der Waals surface area contributed by atoms with Crippen LogP contribution in [-0.4, -0.2) is 96.7 Å². The average Bonchev–Trinajstić information content (AvgIpc) is 3.45. The maximum absolute atomic E-state index is 13.0. The van der Waals surface area contributed by atoms with Crippen molar-refractivity contribution in [3.05, 3.63) is 0 Å². The molecule has 0 aliphatic carbocycles. The highest BCUT2D eigenvalue weighted by Gasteiger charge is 2.30. The van der Waals surface area contributed by atoms with Gasteiger partial charge in [0.25, 0.3) is 0 Å². The Labute approximate surface area is 498 Å². The Morgan fingerprint density at radius 1 is 0.354 bits per heavy atom. The predicted molar refractivity (Wildman–Crippen MR) is 326 cm³/mol. The minimum atomic E-state index is -4.94. The van der Waals surface area contributed by atoms with Gasteiger partial charge < -0.3 is 33.8 Å². The molecule has 0 fully saturated rings. The second-order valence-corrected chi connectivity index (χ2v) is 26.4. The number of rotatable bonds is 62. The van der Waals surface area contributed by atoms with E-state index in [0.717, 1.165) is 115 Å². The van der Waals surface area contributed by atoms with E-state index in [1.54, 1.807) is 0 Å². The number of phosphoric ester groups is 2. The lowest BCUT2D eigenvalue weighted by Crippen LogP contribution is -2.30. The molecule has 0 rings (SSSR count). The summed E-state index contributed by atoms with van der Waals surface area (Å²) in [5, 5.41) is 10.5. The zero-order valence-electron chi connectivity index (χ0n) is 52.8. The molecule has 0 aliphatic heterocycles. The molecule has 17 nitrogen and oxygen atoms in total. The lowest BCUT2D eigenvalue weighted by atomic mass is 9.99. The highest BCUT2D eigenvalue weighted by atomic mass is 31.2. The summed E-state index contributed by atoms with van der Waals surface area (Å²) in [5.41, 5.74) is 0. The molecule has 0 spiro atoms. The number of aliphatic hydroxyl groups is 1. The summed E-state index contributed by atoms with van der Waals surface area (Å²) < 4.78 is 67.9. The molecule has 0 saturated heterocycles. The number of esters is 4. The van der Waals surface area contributed by atoms with Crippen molar-refractivity contribution in [1.82, 2.24) is 0 Å². The number of carbonyl (C=O) groups is 4. The van der Waals surface area contributed by atoms with Crippen LogP contribution in [0, 0.1) is 11.8 Å². The smallest absolute Gasteiger partial charge is 0.462 e. The highest BCUT2D eigenvalue weighted by Crippen LogP contribution is 2.45. The number of unbranched alkanes of at least 4 members (excludes halogenated alkanes) is 31. The summed E-state index contributed by atoms with van der Waals surface area (Å²) in [5.74, 6) is -0.610. The van der Waals surface area contributed by atoms with Crippen molar-refractivity contribution in [2.24, 2.45) is 11.8 Å². The Balaban J connectivity index is 5.22. The molecule has 6 atom stereocenters. The largest absolute Gasteiger partial charge is 0.472 e. The van der Waals surface area contributed by atoms with Gasteiger partial charge in [-0.1, -0.05) is 260 Å². The second-order valence-electron chi connectivity index (χ2n) is 23.5. The van der Waals surface area contributed by atoms with Crippen LogP contribution in [0.3, 0.4) is 0 Å². The summed E-state index contributed by atoms with van der Waals surface area (Å²) >= 11 is 0. The molecular weight excluding hydrogens is 1090 g/mol. The first-order valence-electron chi connectivity index (χ1n) is 33.0. The van der Waals surface area contributed by atoms with E-state index >= 15 is 0 Å². The van der Waals surface area contributed by atoms with Crippen LogP contribution in [0.4, 0.5) is 0 Å². The van der Waals surface area contributed by atoms with Gasteiger partial charge in [0.2, 0.25) is 0 Å². The topological polar surface area (TPSA) is 237 Å². The first kappa shape index (κ1) is 80.1. The molecule has 0 aromatic heterocycles. The average molecular weight is 1210 g/mol. The Kier molecular flexibility index (Phi) is 54.3. The molecule has 486 valence electrons. The fourth-order valence-electron chi connectivity index (χ4n) is 9.32. The quantitative estimate of drug-likeness (QED) is 0.0222. The molecule has 0 aliphatic rings. The van der Waals surface area contributed by atoms with Crippen LogP contribution in [0.2, 0.25) is 0 Å². The molecule has 0 aromatic carbocycles. The van der Waals surface area contributed by atoms with Crippen LogP contribution in [0.25, 0.3) is 0 Å². The summed E-state index contributed by atoms with van der Waals surface area (Å²) in [6, 6.07) is 0. The maximum atomic E-state index is 13.0. The number of ether oxygens (including phenoxy) is 4. The van der Waals surface area contributed by atoms with E-state index in [2.05, 4.69) is 41.5 Å². The van der Waals surface area contributed by atoms with Crippen molar-refractivity contribution in [1.29, 1.82) is 0 Å². The summed E-state index contributed by atoms with van der Waals surface area (Å²) in [6.45, 7) is 9.43. The Morgan fingerprint density at radius 3 is 0.927 bits per heavy atom. The molecule has 3 N–H and O–H groups in total. The lowest BCUT2D eigenvalue weighted by molar-refractivity contribution is -0.161. The molecule has 82 heavy (non-hydrogen) atoms. The van der Waals surface area contributed by atoms with Gasteiger partial charge in [0.15, 0.2) is 12.2 Å². The van der Waals surface area contributed by atoms with Crippen LogP contribution in [0.1, 0.15) is 311 Å². The van der Waals surface area contributed by atoms with E-state index in [1.165, 1.54) is 116 Å². The summed E-state index contributed by atoms with van der Waals surface area (Å²) in [4.78, 5) is 72.0. The summed E-state index contributed by atoms with van der Waals surface area (Å²) in [6.07, 6.45) is 37.6. The van der Waals surface area contributed by atoms with E-state index in [-0.39, 0.29) is 25.7 Å². The van der Waals surface area contributed by atoms with Crippen molar-refractivity contribution in [3.63, 3.8) is 0 Å². The van der Waals surface area contributed by atoms with E-state index in [4.69, 9.17) is 37.0 Å². The van der Waals surface area contributed by atoms with E-state index < -0.39 is 97.5 Å². The number of aliphatic hydroxyl groups excluding tert-OH is 1. The molecule has 0 radical (unpaired) electrons. The minimum absolute atomic E-state index is 0.105. The number of hydrogen-bond donors (Lipinski definition) is 3. The minimum Gasteiger partial charge on any atom is -0.462 e. The van der Waals surface area contributed by atoms with Gasteiger partial charge in [-0.25, -0.2) is 9.13 Å². The van der Waals surface area contributed by atoms with Gasteiger partial charge in [-0.3, -0.25) is 37.3 Å². The third kappa shape index (κ3) is 55.9. The highest BCUT2D eigenvalue weighted by molar-refractivity contribution is 7.47. The second kappa shape index (κ2) is 55.6. The van der Waals surface area contributed by atoms with E-state index in [1.807, 2.05) is 0 Å². The molecule has 0 heterocycles. The lowest BCUT2D eigenvalue weighted by Gasteiger charge is -2.21. The van der Waals surface area contributed by atoms with Gasteiger partial charge in [-0.15, -0.1) is 0 Å². The first-order chi connectivity index (χ1) is 39.4. The zero-order valence-corrected chi connectivity index (χ0v) is 54.6. The van der Waals surface area contributed by atoms with Gasteiger partial charge >= 0.3 is 39.5 Å². The SMILES string of the molecule is CCCCCCCCCCCCC(=O)O[C@H](COC(=O)CCCCCCCCC)COP(=O)(O)OC[C@H](O)COP(=O)(O)OC[C@@H](COC(=O)CCCCCCCCCCC(C)C)OC(=O)CCCCCCCCCCCCC(C)CC. The Morgan fingerprint density at radius 2 is 0.622 bits per heavy atom. The third-order valence-electron chi connectivity index (χ3n) is 14.8. The molecule has 0 saturated carbocycles. The fourth-order valence-corrected chi connectivity index (χ4v) is 10.9. The van der Waals surface area contributed by atoms with Gasteiger partial charge in [-0.2, -0.15) is 0 Å². The van der Waals surface area contributed by atoms with Crippen molar-refractivity contribution in [2.45, 2.75) is 330 Å². The van der Waals surface area contributed by atoms with Crippen LogP contribution < -0.4 is 0 Å². The standard InChI is InChI=1S/C63H122O17P2/c1-7-10-12-14-16-17-21-29-35-41-47-62(67)79-58(51-73-60(65)45-39-33-25-15-13-11-8-2)53-77-81(69,70)75-49-57(64)50-76-82(71,72)78-54-59(52-74-61(66)46-40-34-28-24-23-26-31-37-43-55(4)5)80-63(68)48-42-36-30-22-19-18-20-27-32-38-44-56(6)9-3/h55-59,64H,7-54H2,1-6H3,(H,69,70)(H,71,72)/t56?,57-,58+,59+/m0/s1. The molecule has 0 aromatic rings. The molecule has 0 bridgehead atoms. The van der Waals surface area contributed by atoms with Crippen LogP contribution in [0.5, 0.6) is 0 Å². The fraction of sp³-hybridized carbons (Fsp3) is 0.937. The van der Waals surface area contributed by atoms with Crippen LogP contribution in [-0.2, 0) is 65.4 Å². The van der Waals surface area contributed by atoms with Gasteiger partial charge in [-0.05, 0) is 37.5 Å². The predicted octanol–water partition coefficient (Wildman–Crippen LogP) is 17.3. The van der Waals surface area contributed by atoms with Crippen LogP contribution >= 0.6 is 15.6 Å². The first-order valence-corrected chi connectivity index (χ1v) is 36.0. The van der Waals surface area contributed by atoms with Crippen molar-refractivity contribution >= 4 is 39.5 Å². The monoisotopic (exact) mass is 1210 g/mol. The molecule has 0 amide bonds. The van der Waals surface area contributed by atoms with E-state index in [0.29, 0.717) is 25.7 Å². The van der Waals surface area contributed by atoms with Crippen molar-refractivity contribution in [3.8, 4) is 0 Å². The third-order valence-corrected chi connectivity index (χ3v) is 16.7. The van der Waals surface area contributed by atoms with Crippen molar-refractivity contribution in [2.75, 3.05) is 39.6 Å². The van der Waals surface area contributed by atoms with Crippen molar-refractivity contribution < 1.29 is 80.2 Å². The van der Waals surface area contributed by atoms with E-state index in [9.17, 15) is 43.2 Å². The Bertz CT molecular complexity index is 1620. The normalized spacial score (nSPS) is 14.7. The molecular formula is C63H122O17P2. The molecule has 3 unspecified atom stereocenters. The van der Waals surface area contributed by atoms with Crippen LogP contribution in [0.15, 0.2) is 0 Å². The number of carbonyl (C=O) groups excluding carboxylic acids is 4. The maximum Gasteiger partial charge on any atom is 0.472 e. The van der Waals surface area contributed by atoms with Gasteiger partial charge in [0.05, 0.1) is 26.4 Å². The van der Waals surface area contributed by atoms with Gasteiger partial charge in [0, 0.05) is 25.7 Å². The van der Waals surface area contributed by atoms with Gasteiger partial charge in [0.1, 0.15) is 19.3 Å². The summed E-state index contributed by atoms with van der Waals surface area (Å²) in [7, 11) is -9.88. The zero-order chi connectivity index (χ0) is 60.8. The number of phosphoric acid groups is 2. The number of hydrogen-bond acceptors (Lipinski definition) is 15. The molecule has 19 heteroatoms. The Hall–Kier alpha value is -1.94.